The molecule has 0 aromatic heterocycles. The van der Waals surface area contributed by atoms with E-state index in [1.54, 1.807) is 0 Å². The van der Waals surface area contributed by atoms with Gasteiger partial charge in [0.15, 0.2) is 0 Å². The zero-order valence-electron chi connectivity index (χ0n) is 6.03. The molecule has 0 radical (unpaired) electrons. The van der Waals surface area contributed by atoms with Crippen LogP contribution in [0, 0.1) is 0 Å². The molecule has 12 heteroatoms. The molecule has 0 spiro atoms. The molecular weight excluding hydrogens is 205 g/mol. The molecule has 0 aliphatic heterocycles. The molecule has 0 bridgehead atoms. The molecule has 7 nitrogen and oxygen atoms in total. The van der Waals surface area contributed by atoms with Crippen LogP contribution in [0.25, 0.3) is 0 Å². The fourth-order valence-electron chi connectivity index (χ4n) is 0. The lowest BCUT2D eigenvalue weighted by Crippen LogP contribution is -1.76. The second-order valence-electron chi connectivity index (χ2n) is 0.761. The molecule has 0 rings (SSSR count). The summed E-state index contributed by atoms with van der Waals surface area (Å²) in [6.07, 6.45) is 0. The summed E-state index contributed by atoms with van der Waals surface area (Å²) in [6, 6.07) is 0. The van der Waals surface area contributed by atoms with Crippen molar-refractivity contribution in [2.24, 2.45) is 0 Å². The third-order valence-electron chi connectivity index (χ3n) is 0. The average Bonchev–Trinajstić information content (AvgIpc) is 1.19. The summed E-state index contributed by atoms with van der Waals surface area (Å²) >= 11 is 0. The van der Waals surface area contributed by atoms with Gasteiger partial charge in [-0.1, -0.05) is 0 Å². The summed E-state index contributed by atoms with van der Waals surface area (Å²) in [5, 5.41) is 0. The first-order valence-corrected chi connectivity index (χ1v) is 3.00. The van der Waals surface area contributed by atoms with Crippen molar-refractivity contribution in [1.29, 1.82) is 0 Å². The van der Waals surface area contributed by atoms with E-state index in [2.05, 4.69) is 0 Å². The van der Waals surface area contributed by atoms with Gasteiger partial charge in [-0.3, -0.25) is 12.9 Å². The van der Waals surface area contributed by atoms with Crippen LogP contribution in [-0.2, 0) is 4.57 Å². The normalized spacial score (nSPS) is 7.17. The second-order valence-corrected chi connectivity index (χ2v) is 1.79. The highest BCUT2D eigenvalue weighted by molar-refractivity contribution is 7.45. The minimum Gasteiger partial charge on any atom is -0.344 e. The SMILES string of the molecule is FB(F)F.N.N.N.O=P(O)(O)O. The van der Waals surface area contributed by atoms with E-state index in [1.165, 1.54) is 0 Å². The lowest BCUT2D eigenvalue weighted by Gasteiger charge is -1.82. The molecule has 0 fully saturated rings. The molecule has 0 unspecified atom stereocenters. The van der Waals surface area contributed by atoms with Crippen molar-refractivity contribution in [2.75, 3.05) is 0 Å². The third kappa shape index (κ3) is 32000. The maximum Gasteiger partial charge on any atom is 0.762 e. The highest BCUT2D eigenvalue weighted by Crippen LogP contribution is 2.25. The van der Waals surface area contributed by atoms with Gasteiger partial charge in [0.25, 0.3) is 0 Å². The Bertz CT molecular complexity index is 96.7. The molecule has 80 valence electrons. The van der Waals surface area contributed by atoms with Crippen molar-refractivity contribution in [2.45, 2.75) is 0 Å². The Morgan fingerprint density at radius 3 is 0.917 bits per heavy atom. The minimum atomic E-state index is -4.64. The lowest BCUT2D eigenvalue weighted by molar-refractivity contribution is 0.275. The Morgan fingerprint density at radius 2 is 0.917 bits per heavy atom. The summed E-state index contributed by atoms with van der Waals surface area (Å²) in [6.45, 7) is 0. The Morgan fingerprint density at radius 1 is 0.917 bits per heavy atom. The van der Waals surface area contributed by atoms with E-state index in [4.69, 9.17) is 19.2 Å². The molecule has 0 aliphatic rings. The number of halogens is 3. The summed E-state index contributed by atoms with van der Waals surface area (Å²) in [5.41, 5.74) is 0. The molecule has 0 aromatic rings. The molecule has 0 aromatic carbocycles. The van der Waals surface area contributed by atoms with Crippen molar-refractivity contribution in [3.63, 3.8) is 0 Å². The van der Waals surface area contributed by atoms with Crippen LogP contribution in [0.1, 0.15) is 0 Å². The van der Waals surface area contributed by atoms with Crippen LogP contribution in [0.5, 0.6) is 0 Å². The molecule has 0 heterocycles. The van der Waals surface area contributed by atoms with Gasteiger partial charge in [0.2, 0.25) is 0 Å². The van der Waals surface area contributed by atoms with Gasteiger partial charge in [-0.2, -0.15) is 0 Å². The highest BCUT2D eigenvalue weighted by Gasteiger charge is 2.06. The summed E-state index contributed by atoms with van der Waals surface area (Å²) in [4.78, 5) is 21.6. The van der Waals surface area contributed by atoms with Gasteiger partial charge in [-0.05, 0) is 0 Å². The van der Waals surface area contributed by atoms with Crippen molar-refractivity contribution in [3.05, 3.63) is 0 Å². The number of phosphoric acid groups is 1. The summed E-state index contributed by atoms with van der Waals surface area (Å²) in [7, 11) is -8.31. The van der Waals surface area contributed by atoms with Crippen LogP contribution in [-0.4, -0.2) is 22.2 Å². The number of rotatable bonds is 0. The topological polar surface area (TPSA) is 183 Å². The van der Waals surface area contributed by atoms with Crippen LogP contribution in [0.2, 0.25) is 0 Å². The van der Waals surface area contributed by atoms with Gasteiger partial charge in [0.05, 0.1) is 0 Å². The quantitative estimate of drug-likeness (QED) is 0.251. The third-order valence-corrected chi connectivity index (χ3v) is 0. The maximum absolute atomic E-state index is 9.67. The molecule has 12 N–H and O–H groups in total. The second kappa shape index (κ2) is 13.4. The van der Waals surface area contributed by atoms with Gasteiger partial charge in [0, 0.05) is 0 Å². The molecule has 0 amide bonds. The first kappa shape index (κ1) is 29.7. The molecule has 0 aliphatic carbocycles. The zero-order valence-corrected chi connectivity index (χ0v) is 6.92. The summed E-state index contributed by atoms with van der Waals surface area (Å²) < 4.78 is 37.9. The van der Waals surface area contributed by atoms with Crippen LogP contribution < -0.4 is 18.5 Å². The van der Waals surface area contributed by atoms with Crippen molar-refractivity contribution < 1.29 is 32.2 Å². The van der Waals surface area contributed by atoms with Crippen LogP contribution >= 0.6 is 7.82 Å². The van der Waals surface area contributed by atoms with E-state index in [1.807, 2.05) is 0 Å². The summed E-state index contributed by atoms with van der Waals surface area (Å²) in [5.74, 6) is 0. The van der Waals surface area contributed by atoms with Gasteiger partial charge in [-0.15, -0.1) is 0 Å². The highest BCUT2D eigenvalue weighted by atomic mass is 31.2. The standard InChI is InChI=1S/BF3.3H3N.H3O4P/c2-1(3)4;;;;1-5(2,3)4/h;3*1H3;(H3,1,2,3,4). The molecule has 12 heavy (non-hydrogen) atoms. The van der Waals surface area contributed by atoms with E-state index in [0.717, 1.165) is 0 Å². The molecule has 0 atom stereocenters. The van der Waals surface area contributed by atoms with E-state index < -0.39 is 15.4 Å². The van der Waals surface area contributed by atoms with E-state index >= 15 is 0 Å². The predicted octanol–water partition coefficient (Wildman–Crippen LogP) is 0.437. The monoisotopic (exact) mass is 217 g/mol. The predicted molar refractivity (Wildman–Crippen MR) is 38.4 cm³/mol. The average molecular weight is 217 g/mol. The van der Waals surface area contributed by atoms with E-state index in [0.29, 0.717) is 0 Å². The Kier molecular flexibility index (Phi) is 33.3. The van der Waals surface area contributed by atoms with Gasteiger partial charge >= 0.3 is 15.4 Å². The first-order chi connectivity index (χ1) is 3.73. The van der Waals surface area contributed by atoms with Gasteiger partial charge < -0.3 is 33.1 Å². The molecule has 0 saturated heterocycles. The van der Waals surface area contributed by atoms with Crippen LogP contribution in [0.3, 0.4) is 0 Å². The van der Waals surface area contributed by atoms with E-state index in [9.17, 15) is 12.9 Å². The van der Waals surface area contributed by atoms with Crippen molar-refractivity contribution >= 4 is 15.4 Å². The van der Waals surface area contributed by atoms with Crippen LogP contribution in [0.15, 0.2) is 0 Å². The Hall–Kier alpha value is -0.155. The Labute approximate surface area is 67.2 Å². The Balaban J connectivity index is -0.0000000221. The van der Waals surface area contributed by atoms with Crippen molar-refractivity contribution in [3.8, 4) is 0 Å². The lowest BCUT2D eigenvalue weighted by atomic mass is 10.5. The molecule has 0 saturated carbocycles. The largest absolute Gasteiger partial charge is 0.762 e. The van der Waals surface area contributed by atoms with Crippen molar-refractivity contribution in [1.82, 2.24) is 18.5 Å². The maximum atomic E-state index is 9.67. The zero-order chi connectivity index (χ0) is 8.08. The number of hydrogen-bond donors (Lipinski definition) is 6. The number of hydrogen-bond acceptors (Lipinski definition) is 4. The van der Waals surface area contributed by atoms with Gasteiger partial charge in [-0.25, -0.2) is 4.57 Å². The first-order valence-electron chi connectivity index (χ1n) is 1.44. The fourth-order valence-corrected chi connectivity index (χ4v) is 0. The van der Waals surface area contributed by atoms with Crippen LogP contribution in [0.4, 0.5) is 12.9 Å². The fraction of sp³-hybridized carbons (Fsp3) is 0. The van der Waals surface area contributed by atoms with Gasteiger partial charge in [0.1, 0.15) is 0 Å². The molecular formula is H12BF3N3O4P. The minimum absolute atomic E-state index is 0. The smallest absolute Gasteiger partial charge is 0.344 e. The van der Waals surface area contributed by atoms with E-state index in [-0.39, 0.29) is 18.5 Å².